The van der Waals surface area contributed by atoms with Gasteiger partial charge < -0.3 is 4.74 Å². The number of hydrogen-bond donors (Lipinski definition) is 0. The van der Waals surface area contributed by atoms with E-state index < -0.39 is 0 Å². The molecule has 0 aliphatic carbocycles. The highest BCUT2D eigenvalue weighted by molar-refractivity contribution is 8.18. The maximum Gasteiger partial charge on any atom is 0.293 e. The van der Waals surface area contributed by atoms with Gasteiger partial charge in [0.05, 0.1) is 11.4 Å². The van der Waals surface area contributed by atoms with E-state index in [2.05, 4.69) is 0 Å². The molecule has 134 valence electrons. The van der Waals surface area contributed by atoms with Gasteiger partial charge in [0, 0.05) is 0 Å². The third-order valence-corrected chi connectivity index (χ3v) is 4.86. The van der Waals surface area contributed by atoms with Gasteiger partial charge in [0.15, 0.2) is 0 Å². The summed E-state index contributed by atoms with van der Waals surface area (Å²) in [5.74, 6) is 0.0477. The van der Waals surface area contributed by atoms with E-state index in [9.17, 15) is 14.0 Å². The van der Waals surface area contributed by atoms with Crippen LogP contribution >= 0.6 is 11.8 Å². The number of carbonyl (C=O) groups is 2. The van der Waals surface area contributed by atoms with Crippen LogP contribution in [0.4, 0.5) is 9.18 Å². The van der Waals surface area contributed by atoms with Crippen molar-refractivity contribution in [1.82, 2.24) is 4.90 Å². The molecule has 0 N–H and O–H groups in total. The molecule has 2 aromatic carbocycles. The van der Waals surface area contributed by atoms with Gasteiger partial charge in [-0.25, -0.2) is 4.39 Å². The van der Waals surface area contributed by atoms with Gasteiger partial charge in [0.1, 0.15) is 18.2 Å². The third-order valence-electron chi connectivity index (χ3n) is 3.96. The Kier molecular flexibility index (Phi) is 5.42. The summed E-state index contributed by atoms with van der Waals surface area (Å²) in [7, 11) is 0. The highest BCUT2D eigenvalue weighted by Crippen LogP contribution is 2.32. The van der Waals surface area contributed by atoms with Gasteiger partial charge in [-0.3, -0.25) is 14.5 Å². The molecule has 0 atom stereocenters. The Labute approximate surface area is 155 Å². The number of halogens is 1. The predicted molar refractivity (Wildman–Crippen MR) is 100 cm³/mol. The smallest absolute Gasteiger partial charge is 0.293 e. The van der Waals surface area contributed by atoms with Crippen LogP contribution in [0.15, 0.2) is 47.4 Å². The van der Waals surface area contributed by atoms with Crippen LogP contribution < -0.4 is 4.74 Å². The molecule has 0 bridgehead atoms. The van der Waals surface area contributed by atoms with Crippen molar-refractivity contribution in [3.05, 3.63) is 69.9 Å². The molecule has 1 heterocycles. The van der Waals surface area contributed by atoms with Gasteiger partial charge in [-0.05, 0) is 66.6 Å². The van der Waals surface area contributed by atoms with Crippen LogP contribution in [0.5, 0.6) is 5.75 Å². The standard InChI is InChI=1S/C20H18FNO3S/c1-13-3-4-14(2)17(11-13)25-10-9-22-19(23)18(26-20(22)24)12-15-5-7-16(21)8-6-15/h3-8,11-12H,9-10H2,1-2H3/b18-12-. The lowest BCUT2D eigenvalue weighted by molar-refractivity contribution is -0.123. The van der Waals surface area contributed by atoms with Crippen molar-refractivity contribution in [3.8, 4) is 5.75 Å². The second-order valence-corrected chi connectivity index (χ2v) is 7.00. The first kappa shape index (κ1) is 18.2. The molecule has 3 rings (SSSR count). The van der Waals surface area contributed by atoms with E-state index >= 15 is 0 Å². The minimum Gasteiger partial charge on any atom is -0.491 e. The number of nitrogens with zero attached hydrogens (tertiary/aromatic N) is 1. The van der Waals surface area contributed by atoms with Crippen molar-refractivity contribution >= 4 is 29.0 Å². The van der Waals surface area contributed by atoms with Crippen molar-refractivity contribution in [2.24, 2.45) is 0 Å². The number of thioether (sulfide) groups is 1. The van der Waals surface area contributed by atoms with E-state index in [1.807, 2.05) is 32.0 Å². The summed E-state index contributed by atoms with van der Waals surface area (Å²) >= 11 is 0.882. The predicted octanol–water partition coefficient (Wildman–Crippen LogP) is 4.56. The van der Waals surface area contributed by atoms with E-state index in [1.165, 1.54) is 17.0 Å². The molecule has 1 fully saturated rings. The lowest BCUT2D eigenvalue weighted by atomic mass is 10.1. The van der Waals surface area contributed by atoms with Crippen molar-refractivity contribution in [1.29, 1.82) is 0 Å². The molecule has 0 aromatic heterocycles. The molecule has 1 aliphatic heterocycles. The van der Waals surface area contributed by atoms with Crippen molar-refractivity contribution < 1.29 is 18.7 Å². The molecule has 2 amide bonds. The van der Waals surface area contributed by atoms with Crippen LogP contribution in [0.25, 0.3) is 6.08 Å². The second-order valence-electron chi connectivity index (χ2n) is 6.00. The zero-order valence-corrected chi connectivity index (χ0v) is 15.3. The van der Waals surface area contributed by atoms with Gasteiger partial charge in [-0.15, -0.1) is 0 Å². The summed E-state index contributed by atoms with van der Waals surface area (Å²) in [4.78, 5) is 26.1. The summed E-state index contributed by atoms with van der Waals surface area (Å²) in [6.45, 7) is 4.33. The molecular formula is C20H18FNO3S. The average Bonchev–Trinajstić information content (AvgIpc) is 2.87. The number of hydrogen-bond acceptors (Lipinski definition) is 4. The van der Waals surface area contributed by atoms with E-state index in [1.54, 1.807) is 18.2 Å². The summed E-state index contributed by atoms with van der Waals surface area (Å²) in [5.41, 5.74) is 2.75. The van der Waals surface area contributed by atoms with Gasteiger partial charge in [0.2, 0.25) is 0 Å². The molecule has 0 unspecified atom stereocenters. The molecule has 1 aliphatic rings. The second kappa shape index (κ2) is 7.74. The van der Waals surface area contributed by atoms with Crippen LogP contribution in [-0.2, 0) is 4.79 Å². The van der Waals surface area contributed by atoms with Crippen LogP contribution in [0.1, 0.15) is 16.7 Å². The fourth-order valence-corrected chi connectivity index (χ4v) is 3.38. The van der Waals surface area contributed by atoms with E-state index in [0.29, 0.717) is 10.5 Å². The SMILES string of the molecule is Cc1ccc(C)c(OCCN2C(=O)S/C(=C\c3ccc(F)cc3)C2=O)c1. The highest BCUT2D eigenvalue weighted by atomic mass is 32.2. The molecule has 6 heteroatoms. The average molecular weight is 371 g/mol. The normalized spacial score (nSPS) is 15.8. The van der Waals surface area contributed by atoms with Gasteiger partial charge in [-0.2, -0.15) is 0 Å². The van der Waals surface area contributed by atoms with Crippen LogP contribution in [0, 0.1) is 19.7 Å². The number of rotatable bonds is 5. The van der Waals surface area contributed by atoms with Crippen LogP contribution in [0.2, 0.25) is 0 Å². The summed E-state index contributed by atoms with van der Waals surface area (Å²) in [6.07, 6.45) is 1.59. The van der Waals surface area contributed by atoms with E-state index in [4.69, 9.17) is 4.74 Å². The van der Waals surface area contributed by atoms with Crippen molar-refractivity contribution in [2.75, 3.05) is 13.2 Å². The lowest BCUT2D eigenvalue weighted by Gasteiger charge is -2.14. The monoisotopic (exact) mass is 371 g/mol. The zero-order valence-electron chi connectivity index (χ0n) is 14.5. The van der Waals surface area contributed by atoms with Crippen LogP contribution in [-0.4, -0.2) is 29.2 Å². The number of carbonyl (C=O) groups excluding carboxylic acids is 2. The Balaban J connectivity index is 1.64. The van der Waals surface area contributed by atoms with E-state index in [-0.39, 0.29) is 30.1 Å². The Bertz CT molecular complexity index is 877. The number of benzene rings is 2. The maximum absolute atomic E-state index is 13.0. The first-order valence-corrected chi connectivity index (χ1v) is 8.96. The zero-order chi connectivity index (χ0) is 18.7. The number of aryl methyl sites for hydroxylation is 2. The Morgan fingerprint density at radius 3 is 2.58 bits per heavy atom. The molecule has 0 radical (unpaired) electrons. The summed E-state index contributed by atoms with van der Waals surface area (Å²) < 4.78 is 18.7. The van der Waals surface area contributed by atoms with Crippen LogP contribution in [0.3, 0.4) is 0 Å². The largest absolute Gasteiger partial charge is 0.491 e. The molecule has 4 nitrogen and oxygen atoms in total. The molecule has 1 saturated heterocycles. The van der Waals surface area contributed by atoms with Gasteiger partial charge in [0.25, 0.3) is 11.1 Å². The fourth-order valence-electron chi connectivity index (χ4n) is 2.51. The first-order chi connectivity index (χ1) is 12.4. The lowest BCUT2D eigenvalue weighted by Crippen LogP contribution is -2.32. The molecular weight excluding hydrogens is 353 g/mol. The Morgan fingerprint density at radius 2 is 1.85 bits per heavy atom. The van der Waals surface area contributed by atoms with E-state index in [0.717, 1.165) is 28.6 Å². The van der Waals surface area contributed by atoms with Gasteiger partial charge >= 0.3 is 0 Å². The highest BCUT2D eigenvalue weighted by Gasteiger charge is 2.34. The minimum absolute atomic E-state index is 0.179. The van der Waals surface area contributed by atoms with Crippen molar-refractivity contribution in [3.63, 3.8) is 0 Å². The quantitative estimate of drug-likeness (QED) is 0.723. The molecule has 2 aromatic rings. The van der Waals surface area contributed by atoms with Crippen molar-refractivity contribution in [2.45, 2.75) is 13.8 Å². The number of imide groups is 1. The first-order valence-electron chi connectivity index (χ1n) is 8.15. The maximum atomic E-state index is 13.0. The molecule has 0 saturated carbocycles. The summed E-state index contributed by atoms with van der Waals surface area (Å²) in [6, 6.07) is 11.6. The molecule has 0 spiro atoms. The number of amides is 2. The topological polar surface area (TPSA) is 46.6 Å². The van der Waals surface area contributed by atoms with Gasteiger partial charge in [-0.1, -0.05) is 24.3 Å². The third kappa shape index (κ3) is 4.14. The minimum atomic E-state index is -0.353. The summed E-state index contributed by atoms with van der Waals surface area (Å²) in [5, 5.41) is -0.326. The fraction of sp³-hybridized carbons (Fsp3) is 0.200. The molecule has 26 heavy (non-hydrogen) atoms. The Morgan fingerprint density at radius 1 is 1.12 bits per heavy atom. The number of ether oxygens (including phenoxy) is 1. The Hall–Kier alpha value is -2.60.